The van der Waals surface area contributed by atoms with Crippen molar-refractivity contribution in [1.82, 2.24) is 10.2 Å². The van der Waals surface area contributed by atoms with E-state index in [1.807, 2.05) is 36.4 Å². The molecule has 0 bridgehead atoms. The van der Waals surface area contributed by atoms with Gasteiger partial charge in [-0.2, -0.15) is 0 Å². The third-order valence-electron chi connectivity index (χ3n) is 5.93. The molecule has 0 aliphatic heterocycles. The van der Waals surface area contributed by atoms with Crippen molar-refractivity contribution in [3.05, 3.63) is 104 Å². The van der Waals surface area contributed by atoms with Gasteiger partial charge in [0.05, 0.1) is 15.8 Å². The Bertz CT molecular complexity index is 1230. The van der Waals surface area contributed by atoms with Crippen LogP contribution in [0.15, 0.2) is 66.7 Å². The van der Waals surface area contributed by atoms with Crippen LogP contribution in [0.5, 0.6) is 0 Å². The van der Waals surface area contributed by atoms with Crippen LogP contribution in [0.25, 0.3) is 0 Å². The number of hydrogen-bond acceptors (Lipinski definition) is 3. The van der Waals surface area contributed by atoms with Crippen LogP contribution < -0.4 is 5.32 Å². The highest BCUT2D eigenvalue weighted by atomic mass is 35.5. The van der Waals surface area contributed by atoms with Crippen LogP contribution in [0, 0.1) is 0 Å². The van der Waals surface area contributed by atoms with Gasteiger partial charge in [-0.15, -0.1) is 11.8 Å². The molecular weight excluding hydrogens is 582 g/mol. The smallest absolute Gasteiger partial charge is 0.243 e. The van der Waals surface area contributed by atoms with Crippen molar-refractivity contribution < 1.29 is 9.59 Å². The van der Waals surface area contributed by atoms with Crippen molar-refractivity contribution in [1.29, 1.82) is 0 Å². The number of amides is 2. The van der Waals surface area contributed by atoms with E-state index in [0.717, 1.165) is 29.5 Å². The summed E-state index contributed by atoms with van der Waals surface area (Å²) >= 11 is 26.2. The Hall–Kier alpha value is -1.89. The lowest BCUT2D eigenvalue weighted by atomic mass is 10.0. The monoisotopic (exact) mass is 610 g/mol. The molecule has 0 aliphatic rings. The maximum Gasteiger partial charge on any atom is 0.243 e. The van der Waals surface area contributed by atoms with Gasteiger partial charge in [0.25, 0.3) is 0 Å². The maximum absolute atomic E-state index is 13.7. The first-order valence-electron chi connectivity index (χ1n) is 12.3. The fourth-order valence-electron chi connectivity index (χ4n) is 3.86. The lowest BCUT2D eigenvalue weighted by Gasteiger charge is -2.32. The molecule has 9 heteroatoms. The highest BCUT2D eigenvalue weighted by Crippen LogP contribution is 2.27. The Labute approximate surface area is 249 Å². The summed E-state index contributed by atoms with van der Waals surface area (Å²) in [6.45, 7) is 2.80. The van der Waals surface area contributed by atoms with E-state index in [0.29, 0.717) is 38.8 Å². The average Bonchev–Trinajstić information content (AvgIpc) is 2.90. The van der Waals surface area contributed by atoms with Gasteiger partial charge in [0.2, 0.25) is 11.8 Å². The molecule has 3 rings (SSSR count). The lowest BCUT2D eigenvalue weighted by Crippen LogP contribution is -2.51. The van der Waals surface area contributed by atoms with E-state index in [1.165, 1.54) is 11.8 Å². The number of halogens is 4. The van der Waals surface area contributed by atoms with Gasteiger partial charge in [-0.1, -0.05) is 102 Å². The molecular formula is C29H30Cl4N2O2S. The summed E-state index contributed by atoms with van der Waals surface area (Å²) in [6.07, 6.45) is 2.20. The van der Waals surface area contributed by atoms with E-state index in [1.54, 1.807) is 35.2 Å². The second-order valence-corrected chi connectivity index (χ2v) is 11.5. The first-order valence-corrected chi connectivity index (χ1v) is 15.0. The first kappa shape index (κ1) is 30.6. The summed E-state index contributed by atoms with van der Waals surface area (Å²) in [5.74, 6) is 0.409. The minimum Gasteiger partial charge on any atom is -0.354 e. The van der Waals surface area contributed by atoms with E-state index >= 15 is 0 Å². The van der Waals surface area contributed by atoms with Gasteiger partial charge in [-0.3, -0.25) is 9.59 Å². The third kappa shape index (κ3) is 9.39. The fourth-order valence-corrected chi connectivity index (χ4v) is 5.51. The van der Waals surface area contributed by atoms with Gasteiger partial charge in [0, 0.05) is 35.3 Å². The molecule has 0 spiro atoms. The van der Waals surface area contributed by atoms with Crippen LogP contribution in [0.1, 0.15) is 36.5 Å². The minimum atomic E-state index is -0.709. The van der Waals surface area contributed by atoms with Gasteiger partial charge in [-0.05, 0) is 47.4 Å². The van der Waals surface area contributed by atoms with E-state index in [4.69, 9.17) is 46.4 Å². The Balaban J connectivity index is 1.86. The van der Waals surface area contributed by atoms with Crippen molar-refractivity contribution in [2.24, 2.45) is 0 Å². The van der Waals surface area contributed by atoms with Gasteiger partial charge < -0.3 is 10.2 Å². The van der Waals surface area contributed by atoms with Gasteiger partial charge >= 0.3 is 0 Å². The zero-order chi connectivity index (χ0) is 27.5. The van der Waals surface area contributed by atoms with Crippen LogP contribution in [0.2, 0.25) is 20.1 Å². The van der Waals surface area contributed by atoms with Crippen molar-refractivity contribution in [3.8, 4) is 0 Å². The molecule has 3 aromatic carbocycles. The van der Waals surface area contributed by atoms with E-state index < -0.39 is 6.04 Å². The molecule has 0 unspecified atom stereocenters. The number of thioether (sulfide) groups is 1. The molecule has 0 radical (unpaired) electrons. The summed E-state index contributed by atoms with van der Waals surface area (Å²) in [6, 6.07) is 19.6. The summed E-state index contributed by atoms with van der Waals surface area (Å²) in [4.78, 5) is 28.8. The van der Waals surface area contributed by atoms with Crippen LogP contribution in [0.4, 0.5) is 0 Å². The zero-order valence-corrected chi connectivity index (χ0v) is 24.9. The molecule has 2 amide bonds. The molecule has 4 nitrogen and oxygen atoms in total. The van der Waals surface area contributed by atoms with E-state index in [2.05, 4.69) is 12.2 Å². The Kier molecular flexibility index (Phi) is 12.6. The topological polar surface area (TPSA) is 49.4 Å². The number of nitrogens with one attached hydrogen (secondary N) is 1. The first-order chi connectivity index (χ1) is 18.3. The Morgan fingerprint density at radius 3 is 2.34 bits per heavy atom. The number of nitrogens with zero attached hydrogens (tertiary/aromatic N) is 1. The van der Waals surface area contributed by atoms with Crippen LogP contribution in [-0.2, 0) is 28.3 Å². The number of benzene rings is 3. The Morgan fingerprint density at radius 1 is 0.895 bits per heavy atom. The molecule has 38 heavy (non-hydrogen) atoms. The van der Waals surface area contributed by atoms with Crippen LogP contribution in [0.3, 0.4) is 0 Å². The number of carbonyl (C=O) groups is 2. The molecule has 202 valence electrons. The molecule has 3 aromatic rings. The number of unbranched alkanes of at least 4 members (excludes halogenated alkanes) is 1. The van der Waals surface area contributed by atoms with E-state index in [-0.39, 0.29) is 24.1 Å². The molecule has 0 heterocycles. The number of rotatable bonds is 13. The second kappa shape index (κ2) is 15.6. The summed E-state index contributed by atoms with van der Waals surface area (Å²) in [7, 11) is 0. The molecule has 0 aliphatic carbocycles. The SMILES string of the molecule is CCCCNC(=O)[C@@H](Cc1ccccc1)N(Cc1ccc(Cl)cc1Cl)C(=O)CSCc1ccc(Cl)c(Cl)c1. The zero-order valence-electron chi connectivity index (χ0n) is 21.1. The van der Waals surface area contributed by atoms with Gasteiger partial charge in [0.1, 0.15) is 6.04 Å². The quantitative estimate of drug-likeness (QED) is 0.199. The van der Waals surface area contributed by atoms with Crippen LogP contribution >= 0.6 is 58.2 Å². The predicted octanol–water partition coefficient (Wildman–Crippen LogP) is 8.09. The molecule has 0 fully saturated rings. The van der Waals surface area contributed by atoms with E-state index in [9.17, 15) is 9.59 Å². The lowest BCUT2D eigenvalue weighted by molar-refractivity contribution is -0.139. The van der Waals surface area contributed by atoms with Crippen molar-refractivity contribution in [2.45, 2.75) is 44.5 Å². The summed E-state index contributed by atoms with van der Waals surface area (Å²) < 4.78 is 0. The minimum absolute atomic E-state index is 0.160. The van der Waals surface area contributed by atoms with Crippen molar-refractivity contribution in [2.75, 3.05) is 12.3 Å². The molecule has 0 saturated carbocycles. The highest BCUT2D eigenvalue weighted by Gasteiger charge is 2.30. The summed E-state index contributed by atoms with van der Waals surface area (Å²) in [5.41, 5.74) is 2.65. The highest BCUT2D eigenvalue weighted by molar-refractivity contribution is 7.99. The number of carbonyl (C=O) groups excluding carboxylic acids is 2. The van der Waals surface area contributed by atoms with Crippen molar-refractivity contribution >= 4 is 70.0 Å². The van der Waals surface area contributed by atoms with Gasteiger partial charge in [0.15, 0.2) is 0 Å². The molecule has 0 aromatic heterocycles. The molecule has 1 N–H and O–H groups in total. The fraction of sp³-hybridized carbons (Fsp3) is 0.310. The standard InChI is InChI=1S/C29H30Cl4N2O2S/c1-2-3-13-34-29(37)27(15-20-7-5-4-6-8-20)35(17-22-10-11-23(30)16-25(22)32)28(36)19-38-18-21-9-12-24(31)26(33)14-21/h4-12,14,16,27H,2-3,13,15,17-19H2,1H3,(H,34,37)/t27-/m1/s1. The van der Waals surface area contributed by atoms with Crippen LogP contribution in [-0.4, -0.2) is 35.1 Å². The normalized spacial score (nSPS) is 11.7. The Morgan fingerprint density at radius 2 is 1.66 bits per heavy atom. The largest absolute Gasteiger partial charge is 0.354 e. The molecule has 1 atom stereocenters. The van der Waals surface area contributed by atoms with Gasteiger partial charge in [-0.25, -0.2) is 0 Å². The third-order valence-corrected chi connectivity index (χ3v) is 8.25. The summed E-state index contributed by atoms with van der Waals surface area (Å²) in [5, 5.41) is 4.94. The number of hydrogen-bond donors (Lipinski definition) is 1. The maximum atomic E-state index is 13.7. The average molecular weight is 612 g/mol. The predicted molar refractivity (Wildman–Crippen MR) is 161 cm³/mol. The molecule has 0 saturated heterocycles. The van der Waals surface area contributed by atoms with Crippen molar-refractivity contribution in [3.63, 3.8) is 0 Å². The second-order valence-electron chi connectivity index (χ2n) is 8.85.